The summed E-state index contributed by atoms with van der Waals surface area (Å²) >= 11 is 0. The first-order chi connectivity index (χ1) is 21.5. The fourth-order valence-corrected chi connectivity index (χ4v) is 5.72. The Kier molecular flexibility index (Phi) is 8.84. The van der Waals surface area contributed by atoms with Crippen molar-refractivity contribution in [3.8, 4) is 39.4 Å². The molecule has 6 rings (SSSR count). The molecule has 5 aromatic rings. The van der Waals surface area contributed by atoms with Gasteiger partial charge in [0.05, 0.1) is 31.0 Å². The summed E-state index contributed by atoms with van der Waals surface area (Å²) < 4.78 is 18.1. The van der Waals surface area contributed by atoms with Crippen LogP contribution in [0.15, 0.2) is 86.9 Å². The van der Waals surface area contributed by atoms with Crippen LogP contribution in [-0.4, -0.2) is 39.0 Å². The highest BCUT2D eigenvalue weighted by Crippen LogP contribution is 2.30. The number of H-pyrrole nitrogens is 1. The highest BCUT2D eigenvalue weighted by Gasteiger charge is 2.19. The summed E-state index contributed by atoms with van der Waals surface area (Å²) in [5.41, 5.74) is 5.86. The van der Waals surface area contributed by atoms with Gasteiger partial charge < -0.3 is 9.47 Å². The van der Waals surface area contributed by atoms with Gasteiger partial charge in [-0.1, -0.05) is 79.7 Å². The lowest BCUT2D eigenvalue weighted by molar-refractivity contribution is 0.0256. The number of ether oxygens (including phenoxy) is 2. The average molecular weight is 593 g/mol. The molecule has 1 saturated heterocycles. The Labute approximate surface area is 255 Å². The molecule has 9 heteroatoms. The Balaban J connectivity index is 1.30. The van der Waals surface area contributed by atoms with E-state index in [1.54, 1.807) is 0 Å². The topological polar surface area (TPSA) is 112 Å². The molecule has 0 spiro atoms. The number of aryl methyl sites for hydroxylation is 2. The van der Waals surface area contributed by atoms with Crippen LogP contribution in [0.5, 0.6) is 5.75 Å². The molecule has 1 aliphatic heterocycles. The van der Waals surface area contributed by atoms with E-state index in [9.17, 15) is 9.59 Å². The third-order valence-corrected chi connectivity index (χ3v) is 7.97. The first-order valence-electron chi connectivity index (χ1n) is 15.3. The van der Waals surface area contributed by atoms with E-state index in [4.69, 9.17) is 19.0 Å². The molecule has 0 amide bonds. The number of hydrogen-bond acceptors (Lipinski definition) is 7. The van der Waals surface area contributed by atoms with Gasteiger partial charge in [0.1, 0.15) is 17.7 Å². The zero-order valence-corrected chi connectivity index (χ0v) is 25.0. The molecule has 3 heterocycles. The summed E-state index contributed by atoms with van der Waals surface area (Å²) in [6.07, 6.45) is 4.16. The Morgan fingerprint density at radius 2 is 1.61 bits per heavy atom. The van der Waals surface area contributed by atoms with Crippen LogP contribution in [0.1, 0.15) is 50.2 Å². The molecule has 0 saturated carbocycles. The zero-order valence-electron chi connectivity index (χ0n) is 25.0. The summed E-state index contributed by atoms with van der Waals surface area (Å²) in [5, 5.41) is 3.86. The normalized spacial score (nSPS) is 13.7. The van der Waals surface area contributed by atoms with E-state index in [2.05, 4.69) is 17.1 Å². The Bertz CT molecular complexity index is 1830. The summed E-state index contributed by atoms with van der Waals surface area (Å²) in [5.74, 6) is 1.37. The molecule has 1 fully saturated rings. The van der Waals surface area contributed by atoms with E-state index in [0.29, 0.717) is 30.8 Å². The van der Waals surface area contributed by atoms with Crippen LogP contribution in [0.4, 0.5) is 0 Å². The quantitative estimate of drug-likeness (QED) is 0.210. The van der Waals surface area contributed by atoms with Gasteiger partial charge in [-0.15, -0.1) is 0 Å². The zero-order chi connectivity index (χ0) is 30.5. The SMILES string of the molecule is CCCc1nc(CC)c(-c2ccc(OC3CCOCC3)cc2)c(=O)n1Cc1ccc(-c2ccccc2-c2noc(=O)[nH]2)cc1. The highest BCUT2D eigenvalue weighted by molar-refractivity contribution is 5.80. The van der Waals surface area contributed by atoms with Crippen LogP contribution in [0, 0.1) is 0 Å². The lowest BCUT2D eigenvalue weighted by Crippen LogP contribution is -2.29. The first-order valence-corrected chi connectivity index (χ1v) is 15.3. The first kappa shape index (κ1) is 29.3. The Hall–Kier alpha value is -4.76. The third kappa shape index (κ3) is 6.28. The van der Waals surface area contributed by atoms with Gasteiger partial charge in [0.25, 0.3) is 5.56 Å². The molecule has 0 atom stereocenters. The second-order valence-corrected chi connectivity index (χ2v) is 11.0. The second-order valence-electron chi connectivity index (χ2n) is 11.0. The highest BCUT2D eigenvalue weighted by atomic mass is 16.5. The van der Waals surface area contributed by atoms with Gasteiger partial charge in [-0.2, -0.15) is 0 Å². The van der Waals surface area contributed by atoms with E-state index in [0.717, 1.165) is 77.6 Å². The third-order valence-electron chi connectivity index (χ3n) is 7.97. The van der Waals surface area contributed by atoms with Crippen molar-refractivity contribution in [2.24, 2.45) is 0 Å². The van der Waals surface area contributed by atoms with Gasteiger partial charge in [0, 0.05) is 24.8 Å². The van der Waals surface area contributed by atoms with Crippen LogP contribution in [0.25, 0.3) is 33.6 Å². The van der Waals surface area contributed by atoms with E-state index in [1.165, 1.54) is 0 Å². The van der Waals surface area contributed by atoms with E-state index >= 15 is 0 Å². The molecule has 2 aromatic heterocycles. The number of benzene rings is 3. The summed E-state index contributed by atoms with van der Waals surface area (Å²) in [4.78, 5) is 33.4. The summed E-state index contributed by atoms with van der Waals surface area (Å²) in [6.45, 7) is 5.99. The maximum Gasteiger partial charge on any atom is 0.439 e. The van der Waals surface area contributed by atoms with Gasteiger partial charge in [0.15, 0.2) is 5.82 Å². The maximum atomic E-state index is 14.2. The molecule has 0 unspecified atom stereocenters. The molecule has 1 aliphatic rings. The minimum atomic E-state index is -0.597. The van der Waals surface area contributed by atoms with Crippen molar-refractivity contribution in [2.45, 2.75) is 58.6 Å². The fourth-order valence-electron chi connectivity index (χ4n) is 5.72. The van der Waals surface area contributed by atoms with Gasteiger partial charge >= 0.3 is 5.76 Å². The molecular weight excluding hydrogens is 556 g/mol. The van der Waals surface area contributed by atoms with Gasteiger partial charge in [0.2, 0.25) is 0 Å². The molecular formula is C35H36N4O5. The van der Waals surface area contributed by atoms with Crippen LogP contribution < -0.4 is 16.1 Å². The smallest absolute Gasteiger partial charge is 0.439 e. The lowest BCUT2D eigenvalue weighted by Gasteiger charge is -2.23. The lowest BCUT2D eigenvalue weighted by atomic mass is 9.98. The maximum absolute atomic E-state index is 14.2. The van der Waals surface area contributed by atoms with Crippen LogP contribution >= 0.6 is 0 Å². The van der Waals surface area contributed by atoms with Gasteiger partial charge in [-0.05, 0) is 47.2 Å². The molecule has 226 valence electrons. The van der Waals surface area contributed by atoms with Crippen molar-refractivity contribution < 1.29 is 14.0 Å². The van der Waals surface area contributed by atoms with E-state index in [1.807, 2.05) is 84.3 Å². The largest absolute Gasteiger partial charge is 0.490 e. The van der Waals surface area contributed by atoms with Crippen molar-refractivity contribution >= 4 is 0 Å². The number of hydrogen-bond donors (Lipinski definition) is 1. The number of rotatable bonds is 10. The standard InChI is InChI=1S/C35H36N4O5/c1-3-7-31-36-30(4-2)32(25-14-16-26(17-15-25)43-27-18-20-42-21-19-27)34(40)39(31)22-23-10-12-24(13-11-23)28-8-5-6-9-29(28)33-37-35(41)44-38-33/h5-6,8-17,27H,3-4,7,18-22H2,1-2H3,(H,37,38,41). The molecule has 0 aliphatic carbocycles. The van der Waals surface area contributed by atoms with Crippen LogP contribution in [-0.2, 0) is 24.1 Å². The average Bonchev–Trinajstić information content (AvgIpc) is 3.50. The summed E-state index contributed by atoms with van der Waals surface area (Å²) in [6, 6.07) is 23.6. The predicted octanol–water partition coefficient (Wildman–Crippen LogP) is 6.04. The number of nitrogens with zero attached hydrogens (tertiary/aromatic N) is 3. The van der Waals surface area contributed by atoms with Crippen molar-refractivity contribution in [1.29, 1.82) is 0 Å². The van der Waals surface area contributed by atoms with Gasteiger partial charge in [-0.3, -0.25) is 18.9 Å². The van der Waals surface area contributed by atoms with Gasteiger partial charge in [-0.25, -0.2) is 9.78 Å². The fraction of sp³-hybridized carbons (Fsp3) is 0.314. The number of nitrogens with one attached hydrogen (secondary N) is 1. The summed E-state index contributed by atoms with van der Waals surface area (Å²) in [7, 11) is 0. The van der Waals surface area contributed by atoms with Crippen molar-refractivity contribution in [3.05, 3.63) is 111 Å². The van der Waals surface area contributed by atoms with E-state index in [-0.39, 0.29) is 11.7 Å². The Morgan fingerprint density at radius 3 is 2.27 bits per heavy atom. The van der Waals surface area contributed by atoms with E-state index < -0.39 is 5.76 Å². The number of aromatic nitrogens is 4. The molecule has 0 radical (unpaired) electrons. The molecule has 9 nitrogen and oxygen atoms in total. The Morgan fingerprint density at radius 1 is 0.909 bits per heavy atom. The molecule has 0 bridgehead atoms. The molecule has 3 aromatic carbocycles. The monoisotopic (exact) mass is 592 g/mol. The van der Waals surface area contributed by atoms with Crippen molar-refractivity contribution in [3.63, 3.8) is 0 Å². The second kappa shape index (κ2) is 13.3. The minimum absolute atomic E-state index is 0.0391. The number of aromatic amines is 1. The minimum Gasteiger partial charge on any atom is -0.490 e. The molecule has 1 N–H and O–H groups in total. The predicted molar refractivity (Wildman–Crippen MR) is 169 cm³/mol. The van der Waals surface area contributed by atoms with Crippen molar-refractivity contribution in [2.75, 3.05) is 13.2 Å². The van der Waals surface area contributed by atoms with Crippen molar-refractivity contribution in [1.82, 2.24) is 19.7 Å². The van der Waals surface area contributed by atoms with Crippen LogP contribution in [0.2, 0.25) is 0 Å². The molecule has 44 heavy (non-hydrogen) atoms. The van der Waals surface area contributed by atoms with Crippen LogP contribution in [0.3, 0.4) is 0 Å².